The molecule has 7 heteroatoms. The number of carboxylic acid groups (broad SMARTS) is 1. The molecule has 0 saturated carbocycles. The second kappa shape index (κ2) is 10.0. The fraction of sp³-hybridized carbons (Fsp3) is 0.556. The quantitative estimate of drug-likeness (QED) is 0.660. The van der Waals surface area contributed by atoms with Gasteiger partial charge in [0.1, 0.15) is 18.5 Å². The Morgan fingerprint density at radius 1 is 1.36 bits per heavy atom. The maximum atomic E-state index is 12.6. The van der Waals surface area contributed by atoms with Crippen molar-refractivity contribution in [2.45, 2.75) is 38.3 Å². The monoisotopic (exact) mass is 351 g/mol. The lowest BCUT2D eigenvalue weighted by atomic mass is 10.0. The van der Waals surface area contributed by atoms with Gasteiger partial charge in [-0.15, -0.1) is 0 Å². The zero-order valence-corrected chi connectivity index (χ0v) is 14.4. The molecule has 0 aliphatic carbocycles. The van der Waals surface area contributed by atoms with E-state index in [2.05, 4.69) is 12.2 Å². The highest BCUT2D eigenvalue weighted by Gasteiger charge is 2.29. The molecule has 1 saturated heterocycles. The van der Waals surface area contributed by atoms with E-state index in [1.54, 1.807) is 18.2 Å². The van der Waals surface area contributed by atoms with Crippen molar-refractivity contribution < 1.29 is 28.9 Å². The van der Waals surface area contributed by atoms with E-state index in [4.69, 9.17) is 19.3 Å². The maximum absolute atomic E-state index is 12.6. The summed E-state index contributed by atoms with van der Waals surface area (Å²) >= 11 is 0. The van der Waals surface area contributed by atoms with Crippen LogP contribution in [-0.2, 0) is 14.3 Å². The Morgan fingerprint density at radius 2 is 2.16 bits per heavy atom. The molecule has 1 aromatic rings. The lowest BCUT2D eigenvalue weighted by Crippen LogP contribution is -2.50. The van der Waals surface area contributed by atoms with E-state index in [1.807, 2.05) is 6.07 Å². The second-order valence-corrected chi connectivity index (χ2v) is 5.88. The predicted octanol–water partition coefficient (Wildman–Crippen LogP) is 1.85. The fourth-order valence-electron chi connectivity index (χ4n) is 2.57. The molecule has 0 radical (unpaired) electrons. The Kier molecular flexibility index (Phi) is 7.69. The van der Waals surface area contributed by atoms with Crippen LogP contribution in [0.15, 0.2) is 24.3 Å². The van der Waals surface area contributed by atoms with Crippen LogP contribution in [0.3, 0.4) is 0 Å². The summed E-state index contributed by atoms with van der Waals surface area (Å²) in [6.07, 6.45) is 2.01. The number of carboxylic acids is 1. The van der Waals surface area contributed by atoms with Crippen molar-refractivity contribution in [1.29, 1.82) is 0 Å². The summed E-state index contributed by atoms with van der Waals surface area (Å²) in [6, 6.07) is 6.79. The molecule has 2 rings (SSSR count). The molecule has 2 N–H and O–H groups in total. The number of para-hydroxylation sites is 1. The molecule has 1 aliphatic heterocycles. The van der Waals surface area contributed by atoms with Crippen molar-refractivity contribution in [3.05, 3.63) is 29.8 Å². The van der Waals surface area contributed by atoms with Crippen molar-refractivity contribution in [1.82, 2.24) is 5.32 Å². The van der Waals surface area contributed by atoms with Crippen LogP contribution < -0.4 is 10.1 Å². The van der Waals surface area contributed by atoms with E-state index in [9.17, 15) is 9.59 Å². The number of amides is 1. The molecule has 1 fully saturated rings. The molecule has 1 aliphatic rings. The third kappa shape index (κ3) is 6.03. The summed E-state index contributed by atoms with van der Waals surface area (Å²) in [6.45, 7) is 2.96. The average molecular weight is 351 g/mol. The Balaban J connectivity index is 2.00. The SMILES string of the molecule is CCCCOc1ccccc1C(=O)N[C@@H]1CCOC[C@H]1OCC(=O)O. The van der Waals surface area contributed by atoms with Gasteiger partial charge in [0.25, 0.3) is 5.91 Å². The van der Waals surface area contributed by atoms with Crippen LogP contribution in [-0.4, -0.2) is 55.6 Å². The van der Waals surface area contributed by atoms with Crippen LogP contribution in [0.5, 0.6) is 5.75 Å². The summed E-state index contributed by atoms with van der Waals surface area (Å²) in [5.41, 5.74) is 0.460. The minimum Gasteiger partial charge on any atom is -0.493 e. The average Bonchev–Trinajstić information content (AvgIpc) is 2.61. The molecule has 0 spiro atoms. The van der Waals surface area contributed by atoms with Crippen molar-refractivity contribution in [2.24, 2.45) is 0 Å². The Bertz CT molecular complexity index is 576. The first-order valence-electron chi connectivity index (χ1n) is 8.55. The smallest absolute Gasteiger partial charge is 0.329 e. The lowest BCUT2D eigenvalue weighted by molar-refractivity contribution is -0.148. The number of rotatable bonds is 9. The standard InChI is InChI=1S/C18H25NO6/c1-2-3-9-24-15-7-5-4-6-13(15)18(22)19-14-8-10-23-11-16(14)25-12-17(20)21/h4-7,14,16H,2-3,8-12H2,1H3,(H,19,22)(H,20,21)/t14-,16-/m1/s1. The summed E-state index contributed by atoms with van der Waals surface area (Å²) in [5, 5.41) is 11.7. The van der Waals surface area contributed by atoms with Gasteiger partial charge in [-0.1, -0.05) is 25.5 Å². The van der Waals surface area contributed by atoms with Crippen molar-refractivity contribution >= 4 is 11.9 Å². The molecule has 138 valence electrons. The van der Waals surface area contributed by atoms with Gasteiger partial charge in [-0.2, -0.15) is 0 Å². The largest absolute Gasteiger partial charge is 0.493 e. The minimum atomic E-state index is -1.05. The van der Waals surface area contributed by atoms with E-state index < -0.39 is 18.7 Å². The number of benzene rings is 1. The van der Waals surface area contributed by atoms with Gasteiger partial charge in [0.2, 0.25) is 0 Å². The first-order valence-corrected chi connectivity index (χ1v) is 8.55. The summed E-state index contributed by atoms with van der Waals surface area (Å²) in [7, 11) is 0. The summed E-state index contributed by atoms with van der Waals surface area (Å²) in [5.74, 6) is -0.767. The number of hydrogen-bond acceptors (Lipinski definition) is 5. The molecule has 1 aromatic carbocycles. The number of unbranched alkanes of at least 4 members (excludes halogenated alkanes) is 1. The number of hydrogen-bond donors (Lipinski definition) is 2. The van der Waals surface area contributed by atoms with E-state index in [0.29, 0.717) is 30.9 Å². The summed E-state index contributed by atoms with van der Waals surface area (Å²) in [4.78, 5) is 23.3. The van der Waals surface area contributed by atoms with Gasteiger partial charge in [-0.25, -0.2) is 4.79 Å². The molecular weight excluding hydrogens is 326 g/mol. The van der Waals surface area contributed by atoms with Gasteiger partial charge < -0.3 is 24.6 Å². The Morgan fingerprint density at radius 3 is 2.92 bits per heavy atom. The van der Waals surface area contributed by atoms with E-state index >= 15 is 0 Å². The number of ether oxygens (including phenoxy) is 3. The fourth-order valence-corrected chi connectivity index (χ4v) is 2.57. The lowest BCUT2D eigenvalue weighted by Gasteiger charge is -2.31. The highest BCUT2D eigenvalue weighted by atomic mass is 16.5. The highest BCUT2D eigenvalue weighted by Crippen LogP contribution is 2.20. The van der Waals surface area contributed by atoms with E-state index in [1.165, 1.54) is 0 Å². The van der Waals surface area contributed by atoms with E-state index in [-0.39, 0.29) is 18.6 Å². The Hall–Kier alpha value is -2.12. The van der Waals surface area contributed by atoms with Crippen LogP contribution >= 0.6 is 0 Å². The highest BCUT2D eigenvalue weighted by molar-refractivity contribution is 5.97. The molecule has 2 atom stereocenters. The molecular formula is C18H25NO6. The van der Waals surface area contributed by atoms with Crippen LogP contribution in [0.4, 0.5) is 0 Å². The van der Waals surface area contributed by atoms with Gasteiger partial charge in [0.15, 0.2) is 0 Å². The molecule has 7 nitrogen and oxygen atoms in total. The van der Waals surface area contributed by atoms with Crippen molar-refractivity contribution in [2.75, 3.05) is 26.4 Å². The van der Waals surface area contributed by atoms with Crippen LogP contribution in [0, 0.1) is 0 Å². The van der Waals surface area contributed by atoms with Gasteiger partial charge in [-0.05, 0) is 25.0 Å². The van der Waals surface area contributed by atoms with Crippen LogP contribution in [0.1, 0.15) is 36.5 Å². The first kappa shape index (κ1) is 19.2. The van der Waals surface area contributed by atoms with Gasteiger partial charge in [0, 0.05) is 6.61 Å². The predicted molar refractivity (Wildman–Crippen MR) is 90.9 cm³/mol. The van der Waals surface area contributed by atoms with Crippen molar-refractivity contribution in [3.8, 4) is 5.75 Å². The molecule has 0 aromatic heterocycles. The zero-order chi connectivity index (χ0) is 18.1. The van der Waals surface area contributed by atoms with Gasteiger partial charge >= 0.3 is 5.97 Å². The van der Waals surface area contributed by atoms with Crippen LogP contribution in [0.25, 0.3) is 0 Å². The molecule has 25 heavy (non-hydrogen) atoms. The number of carbonyl (C=O) groups excluding carboxylic acids is 1. The van der Waals surface area contributed by atoms with E-state index in [0.717, 1.165) is 12.8 Å². The number of nitrogens with one attached hydrogen (secondary N) is 1. The maximum Gasteiger partial charge on any atom is 0.329 e. The second-order valence-electron chi connectivity index (χ2n) is 5.88. The first-order chi connectivity index (χ1) is 12.1. The zero-order valence-electron chi connectivity index (χ0n) is 14.4. The van der Waals surface area contributed by atoms with Crippen LogP contribution in [0.2, 0.25) is 0 Å². The third-order valence-corrected chi connectivity index (χ3v) is 3.93. The number of carbonyl (C=O) groups is 2. The number of aliphatic carboxylic acids is 1. The molecule has 1 amide bonds. The molecule has 0 unspecified atom stereocenters. The Labute approximate surface area is 147 Å². The third-order valence-electron chi connectivity index (χ3n) is 3.93. The summed E-state index contributed by atoms with van der Waals surface area (Å²) < 4.78 is 16.4. The minimum absolute atomic E-state index is 0.257. The molecule has 0 bridgehead atoms. The molecule has 1 heterocycles. The topological polar surface area (TPSA) is 94.1 Å². The van der Waals surface area contributed by atoms with Gasteiger partial charge in [0.05, 0.1) is 24.8 Å². The normalized spacial score (nSPS) is 20.0. The van der Waals surface area contributed by atoms with Gasteiger partial charge in [-0.3, -0.25) is 4.79 Å². The van der Waals surface area contributed by atoms with Crippen molar-refractivity contribution in [3.63, 3.8) is 0 Å².